The molecule has 0 saturated carbocycles. The van der Waals surface area contributed by atoms with E-state index in [4.69, 9.17) is 10.5 Å². The first-order chi connectivity index (χ1) is 8.06. The minimum atomic E-state index is 0.195. The zero-order valence-electron chi connectivity index (χ0n) is 10.4. The zero-order valence-corrected chi connectivity index (χ0v) is 12.0. The third kappa shape index (κ3) is 4.12. The Bertz CT molecular complexity index is 359. The van der Waals surface area contributed by atoms with Crippen molar-refractivity contribution in [1.29, 1.82) is 0 Å². The second-order valence-corrected chi connectivity index (χ2v) is 4.87. The summed E-state index contributed by atoms with van der Waals surface area (Å²) in [6, 6.07) is 0.195. The number of anilines is 2. The highest BCUT2D eigenvalue weighted by Gasteiger charge is 2.16. The van der Waals surface area contributed by atoms with Crippen molar-refractivity contribution in [3.05, 3.63) is 10.8 Å². The summed E-state index contributed by atoms with van der Waals surface area (Å²) in [6.07, 6.45) is 1.44. The van der Waals surface area contributed by atoms with Crippen LogP contribution in [0.2, 0.25) is 0 Å². The Labute approximate surface area is 110 Å². The van der Waals surface area contributed by atoms with Crippen LogP contribution in [0.1, 0.15) is 20.8 Å². The number of ether oxygens (including phenoxy) is 1. The van der Waals surface area contributed by atoms with Crippen LogP contribution in [-0.4, -0.2) is 29.2 Å². The molecule has 17 heavy (non-hydrogen) atoms. The second kappa shape index (κ2) is 6.76. The number of nitrogen functional groups attached to an aromatic ring is 1. The fourth-order valence-electron chi connectivity index (χ4n) is 1.31. The van der Waals surface area contributed by atoms with Gasteiger partial charge in [0.15, 0.2) is 0 Å². The number of aromatic nitrogens is 2. The topological polar surface area (TPSA) is 73.1 Å². The van der Waals surface area contributed by atoms with Gasteiger partial charge >= 0.3 is 0 Å². The second-order valence-electron chi connectivity index (χ2n) is 4.08. The lowest BCUT2D eigenvalue weighted by Gasteiger charge is -2.23. The monoisotopic (exact) mass is 302 g/mol. The van der Waals surface area contributed by atoms with Gasteiger partial charge in [-0.25, -0.2) is 9.97 Å². The maximum absolute atomic E-state index is 5.70. The molecule has 0 amide bonds. The van der Waals surface area contributed by atoms with Gasteiger partial charge in [-0.1, -0.05) is 13.8 Å². The van der Waals surface area contributed by atoms with Crippen LogP contribution in [0.4, 0.5) is 11.6 Å². The molecule has 0 saturated heterocycles. The van der Waals surface area contributed by atoms with Crippen molar-refractivity contribution >= 4 is 27.6 Å². The van der Waals surface area contributed by atoms with Crippen molar-refractivity contribution in [3.8, 4) is 0 Å². The fraction of sp³-hybridized carbons (Fsp3) is 0.636. The van der Waals surface area contributed by atoms with E-state index < -0.39 is 0 Å². The van der Waals surface area contributed by atoms with E-state index in [1.807, 2.05) is 6.92 Å². The highest BCUT2D eigenvalue weighted by Crippen LogP contribution is 2.25. The van der Waals surface area contributed by atoms with E-state index in [0.29, 0.717) is 35.2 Å². The van der Waals surface area contributed by atoms with Gasteiger partial charge in [-0.3, -0.25) is 0 Å². The zero-order chi connectivity index (χ0) is 12.8. The Balaban J connectivity index is 2.75. The number of hydrogen-bond donors (Lipinski definition) is 2. The molecular formula is C11H19BrN4O. The van der Waals surface area contributed by atoms with Crippen LogP contribution in [0.3, 0.4) is 0 Å². The Hall–Kier alpha value is -0.880. The number of rotatable bonds is 6. The Morgan fingerprint density at radius 3 is 2.76 bits per heavy atom. The maximum Gasteiger partial charge on any atom is 0.146 e. The summed E-state index contributed by atoms with van der Waals surface area (Å²) in [5.41, 5.74) is 5.70. The summed E-state index contributed by atoms with van der Waals surface area (Å²) < 4.78 is 6.14. The van der Waals surface area contributed by atoms with Crippen molar-refractivity contribution < 1.29 is 4.74 Å². The fourth-order valence-corrected chi connectivity index (χ4v) is 1.62. The molecule has 0 aliphatic carbocycles. The van der Waals surface area contributed by atoms with Crippen LogP contribution >= 0.6 is 15.9 Å². The van der Waals surface area contributed by atoms with E-state index in [2.05, 4.69) is 45.1 Å². The first kappa shape index (κ1) is 14.2. The Morgan fingerprint density at radius 1 is 1.47 bits per heavy atom. The first-order valence-corrected chi connectivity index (χ1v) is 6.45. The molecule has 1 aromatic rings. The van der Waals surface area contributed by atoms with E-state index >= 15 is 0 Å². The van der Waals surface area contributed by atoms with E-state index in [1.165, 1.54) is 6.33 Å². The van der Waals surface area contributed by atoms with Crippen LogP contribution in [0.25, 0.3) is 0 Å². The van der Waals surface area contributed by atoms with Crippen molar-refractivity contribution in [2.75, 3.05) is 24.3 Å². The lowest BCUT2D eigenvalue weighted by Crippen LogP contribution is -2.31. The predicted molar refractivity (Wildman–Crippen MR) is 72.9 cm³/mol. The van der Waals surface area contributed by atoms with Gasteiger partial charge in [0.1, 0.15) is 22.4 Å². The van der Waals surface area contributed by atoms with E-state index in [1.54, 1.807) is 0 Å². The molecule has 0 spiro atoms. The average molecular weight is 303 g/mol. The number of nitrogens with zero attached hydrogens (tertiary/aromatic N) is 2. The van der Waals surface area contributed by atoms with Gasteiger partial charge in [-0.05, 0) is 28.8 Å². The van der Waals surface area contributed by atoms with Gasteiger partial charge in [0, 0.05) is 6.61 Å². The standard InChI is InChI=1S/C11H19BrN4O/c1-4-17-5-8(7(2)3)16-11-9(12)10(13)14-6-15-11/h6-8H,4-5H2,1-3H3,(H3,13,14,15,16). The number of nitrogens with two attached hydrogens (primary N) is 1. The molecular weight excluding hydrogens is 284 g/mol. The van der Waals surface area contributed by atoms with Crippen molar-refractivity contribution in [3.63, 3.8) is 0 Å². The molecule has 1 unspecified atom stereocenters. The smallest absolute Gasteiger partial charge is 0.146 e. The van der Waals surface area contributed by atoms with Crippen molar-refractivity contribution in [1.82, 2.24) is 9.97 Å². The average Bonchev–Trinajstić information content (AvgIpc) is 2.29. The minimum absolute atomic E-state index is 0.195. The van der Waals surface area contributed by atoms with Crippen molar-refractivity contribution in [2.24, 2.45) is 5.92 Å². The highest BCUT2D eigenvalue weighted by molar-refractivity contribution is 9.10. The summed E-state index contributed by atoms with van der Waals surface area (Å²) in [5, 5.41) is 3.32. The van der Waals surface area contributed by atoms with Crippen LogP contribution in [0.15, 0.2) is 10.8 Å². The van der Waals surface area contributed by atoms with Crippen LogP contribution in [0, 0.1) is 5.92 Å². The molecule has 0 aromatic carbocycles. The van der Waals surface area contributed by atoms with E-state index in [9.17, 15) is 0 Å². The molecule has 1 atom stereocenters. The third-order valence-electron chi connectivity index (χ3n) is 2.44. The van der Waals surface area contributed by atoms with Gasteiger partial charge in [0.05, 0.1) is 12.6 Å². The van der Waals surface area contributed by atoms with Gasteiger partial charge < -0.3 is 15.8 Å². The van der Waals surface area contributed by atoms with Crippen LogP contribution in [-0.2, 0) is 4.74 Å². The largest absolute Gasteiger partial charge is 0.383 e. The predicted octanol–water partition coefficient (Wildman–Crippen LogP) is 2.29. The summed E-state index contributed by atoms with van der Waals surface area (Å²) >= 11 is 3.37. The normalized spacial score (nSPS) is 12.8. The minimum Gasteiger partial charge on any atom is -0.383 e. The molecule has 0 radical (unpaired) electrons. The molecule has 6 heteroatoms. The van der Waals surface area contributed by atoms with E-state index in [-0.39, 0.29) is 6.04 Å². The summed E-state index contributed by atoms with van der Waals surface area (Å²) in [7, 11) is 0. The summed E-state index contributed by atoms with van der Waals surface area (Å²) in [5.74, 6) is 1.57. The molecule has 0 fully saturated rings. The highest BCUT2D eigenvalue weighted by atomic mass is 79.9. The molecule has 5 nitrogen and oxygen atoms in total. The van der Waals surface area contributed by atoms with Gasteiger partial charge in [0.25, 0.3) is 0 Å². The quantitative estimate of drug-likeness (QED) is 0.843. The van der Waals surface area contributed by atoms with Crippen LogP contribution in [0.5, 0.6) is 0 Å². The molecule has 1 rings (SSSR count). The summed E-state index contributed by atoms with van der Waals surface area (Å²) in [4.78, 5) is 8.07. The lowest BCUT2D eigenvalue weighted by molar-refractivity contribution is 0.126. The first-order valence-electron chi connectivity index (χ1n) is 5.66. The number of hydrogen-bond acceptors (Lipinski definition) is 5. The van der Waals surface area contributed by atoms with Gasteiger partial charge in [-0.15, -0.1) is 0 Å². The molecule has 96 valence electrons. The number of nitrogens with one attached hydrogen (secondary N) is 1. The lowest BCUT2D eigenvalue weighted by atomic mass is 10.1. The SMILES string of the molecule is CCOCC(Nc1ncnc(N)c1Br)C(C)C. The molecule has 0 aliphatic rings. The van der Waals surface area contributed by atoms with Gasteiger partial charge in [-0.2, -0.15) is 0 Å². The third-order valence-corrected chi connectivity index (χ3v) is 3.23. The van der Waals surface area contributed by atoms with Crippen LogP contribution < -0.4 is 11.1 Å². The van der Waals surface area contributed by atoms with E-state index in [0.717, 1.165) is 0 Å². The number of halogens is 1. The maximum atomic E-state index is 5.70. The summed E-state index contributed by atoms with van der Waals surface area (Å²) in [6.45, 7) is 7.60. The molecule has 3 N–H and O–H groups in total. The molecule has 0 bridgehead atoms. The Morgan fingerprint density at radius 2 is 2.18 bits per heavy atom. The van der Waals surface area contributed by atoms with Gasteiger partial charge in [0.2, 0.25) is 0 Å². The molecule has 0 aliphatic heterocycles. The van der Waals surface area contributed by atoms with Crippen molar-refractivity contribution in [2.45, 2.75) is 26.8 Å². The molecule has 1 heterocycles. The Kier molecular flexibility index (Phi) is 5.64. The molecule has 1 aromatic heterocycles.